The lowest BCUT2D eigenvalue weighted by molar-refractivity contribution is -0.135. The topological polar surface area (TPSA) is 84.9 Å². The van der Waals surface area contributed by atoms with Gasteiger partial charge in [-0.1, -0.05) is 42.5 Å². The maximum atomic E-state index is 12.6. The van der Waals surface area contributed by atoms with Gasteiger partial charge in [-0.15, -0.1) is 11.8 Å². The van der Waals surface area contributed by atoms with Crippen molar-refractivity contribution >= 4 is 29.5 Å². The van der Waals surface area contributed by atoms with Crippen LogP contribution in [0.5, 0.6) is 0 Å². The van der Waals surface area contributed by atoms with Gasteiger partial charge in [0.05, 0.1) is 24.0 Å². The average Bonchev–Trinajstić information content (AvgIpc) is 2.81. The van der Waals surface area contributed by atoms with Gasteiger partial charge in [0.25, 0.3) is 5.91 Å². The lowest BCUT2D eigenvalue weighted by Crippen LogP contribution is -2.33. The molecule has 0 spiro atoms. The molecule has 1 atom stereocenters. The first-order chi connectivity index (χ1) is 14.9. The maximum absolute atomic E-state index is 12.6. The molecule has 0 bridgehead atoms. The van der Waals surface area contributed by atoms with Crippen molar-refractivity contribution in [1.29, 1.82) is 0 Å². The molecule has 31 heavy (non-hydrogen) atoms. The summed E-state index contributed by atoms with van der Waals surface area (Å²) in [6, 6.07) is 16.3. The van der Waals surface area contributed by atoms with E-state index < -0.39 is 5.97 Å². The second-order valence-corrected chi connectivity index (χ2v) is 7.81. The molecule has 2 rings (SSSR count). The molecule has 2 amide bonds. The second-order valence-electron chi connectivity index (χ2n) is 6.80. The van der Waals surface area contributed by atoms with E-state index in [9.17, 15) is 14.4 Å². The summed E-state index contributed by atoms with van der Waals surface area (Å²) in [6.07, 6.45) is 0. The van der Waals surface area contributed by atoms with Gasteiger partial charge in [0.2, 0.25) is 5.91 Å². The fourth-order valence-electron chi connectivity index (χ4n) is 2.73. The molecule has 1 unspecified atom stereocenters. The van der Waals surface area contributed by atoms with Crippen molar-refractivity contribution in [2.24, 2.45) is 0 Å². The molecule has 0 fully saturated rings. The molecule has 0 aromatic heterocycles. The molecule has 1 N–H and O–H groups in total. The van der Waals surface area contributed by atoms with Crippen LogP contribution in [0.1, 0.15) is 28.9 Å². The third-order valence-electron chi connectivity index (χ3n) is 4.68. The summed E-state index contributed by atoms with van der Waals surface area (Å²) < 4.78 is 10.2. The van der Waals surface area contributed by atoms with Crippen LogP contribution >= 0.6 is 11.8 Å². The van der Waals surface area contributed by atoms with Gasteiger partial charge in [-0.3, -0.25) is 9.59 Å². The van der Waals surface area contributed by atoms with Crippen molar-refractivity contribution in [3.63, 3.8) is 0 Å². The van der Waals surface area contributed by atoms with Crippen molar-refractivity contribution < 1.29 is 23.9 Å². The number of benzene rings is 2. The first kappa shape index (κ1) is 24.4. The zero-order chi connectivity index (χ0) is 22.6. The first-order valence-electron chi connectivity index (χ1n) is 9.89. The number of amides is 2. The average molecular weight is 445 g/mol. The van der Waals surface area contributed by atoms with Crippen LogP contribution in [0.15, 0.2) is 59.5 Å². The van der Waals surface area contributed by atoms with E-state index in [1.165, 1.54) is 11.8 Å². The summed E-state index contributed by atoms with van der Waals surface area (Å²) in [5.74, 6) is -0.897. The summed E-state index contributed by atoms with van der Waals surface area (Å²) >= 11 is 1.24. The molecule has 0 saturated heterocycles. The molecule has 0 aliphatic heterocycles. The second kappa shape index (κ2) is 12.8. The number of hydrogen-bond donors (Lipinski definition) is 1. The molecule has 0 aliphatic carbocycles. The summed E-state index contributed by atoms with van der Waals surface area (Å²) in [6.45, 7) is 2.42. The summed E-state index contributed by atoms with van der Waals surface area (Å²) in [5, 5.41) is 2.73. The van der Waals surface area contributed by atoms with Gasteiger partial charge >= 0.3 is 5.97 Å². The van der Waals surface area contributed by atoms with Crippen molar-refractivity contribution in [1.82, 2.24) is 10.2 Å². The fourth-order valence-corrected chi connectivity index (χ4v) is 3.60. The Hall–Kier alpha value is -2.84. The normalized spacial score (nSPS) is 11.5. The standard InChI is InChI=1S/C23H28N2O5S/c1-17(18-9-5-4-6-10-18)25(2)22(27)15-30-23(28)19-11-7-8-12-20(19)31-16-21(26)24-13-14-29-3/h4-12,17H,13-16H2,1-3H3,(H,24,26). The Kier molecular flexibility index (Phi) is 10.1. The Balaban J connectivity index is 1.90. The van der Waals surface area contributed by atoms with E-state index in [0.29, 0.717) is 23.6 Å². The van der Waals surface area contributed by atoms with Gasteiger partial charge in [-0.2, -0.15) is 0 Å². The molecule has 0 heterocycles. The lowest BCUT2D eigenvalue weighted by Gasteiger charge is -2.25. The molecular weight excluding hydrogens is 416 g/mol. The lowest BCUT2D eigenvalue weighted by atomic mass is 10.1. The number of carbonyl (C=O) groups is 3. The number of likely N-dealkylation sites (N-methyl/N-ethyl adjacent to an activating group) is 1. The molecule has 0 aliphatic rings. The number of methoxy groups -OCH3 is 1. The third-order valence-corrected chi connectivity index (χ3v) is 5.75. The van der Waals surface area contributed by atoms with Crippen LogP contribution in [0.25, 0.3) is 0 Å². The van der Waals surface area contributed by atoms with Crippen molar-refractivity contribution in [2.75, 3.05) is 39.7 Å². The number of nitrogens with one attached hydrogen (secondary N) is 1. The van der Waals surface area contributed by atoms with Crippen LogP contribution in [0, 0.1) is 0 Å². The largest absolute Gasteiger partial charge is 0.452 e. The highest BCUT2D eigenvalue weighted by Gasteiger charge is 2.20. The third kappa shape index (κ3) is 7.73. The van der Waals surface area contributed by atoms with Crippen LogP contribution in [0.4, 0.5) is 0 Å². The quantitative estimate of drug-likeness (QED) is 0.326. The van der Waals surface area contributed by atoms with E-state index in [2.05, 4.69) is 5.32 Å². The number of nitrogens with zero attached hydrogens (tertiary/aromatic N) is 1. The van der Waals surface area contributed by atoms with Crippen LogP contribution in [-0.4, -0.2) is 62.4 Å². The number of hydrogen-bond acceptors (Lipinski definition) is 6. The molecule has 2 aromatic carbocycles. The minimum atomic E-state index is -0.600. The van der Waals surface area contributed by atoms with E-state index in [-0.39, 0.29) is 30.2 Å². The molecule has 166 valence electrons. The minimum Gasteiger partial charge on any atom is -0.452 e. The van der Waals surface area contributed by atoms with Crippen molar-refractivity contribution in [2.45, 2.75) is 17.9 Å². The van der Waals surface area contributed by atoms with Crippen LogP contribution < -0.4 is 5.32 Å². The van der Waals surface area contributed by atoms with Crippen molar-refractivity contribution in [3.05, 3.63) is 65.7 Å². The highest BCUT2D eigenvalue weighted by atomic mass is 32.2. The molecule has 0 saturated carbocycles. The van der Waals surface area contributed by atoms with Crippen LogP contribution in [-0.2, 0) is 19.1 Å². The monoisotopic (exact) mass is 444 g/mol. The Morgan fingerprint density at radius 3 is 2.45 bits per heavy atom. The molecule has 7 nitrogen and oxygen atoms in total. The minimum absolute atomic E-state index is 0.146. The Morgan fingerprint density at radius 2 is 1.74 bits per heavy atom. The smallest absolute Gasteiger partial charge is 0.339 e. The number of esters is 1. The SMILES string of the molecule is COCCNC(=O)CSc1ccccc1C(=O)OCC(=O)N(C)C(C)c1ccccc1. The summed E-state index contributed by atoms with van der Waals surface area (Å²) in [7, 11) is 3.24. The molecule has 8 heteroatoms. The van der Waals surface area contributed by atoms with E-state index in [0.717, 1.165) is 5.56 Å². The summed E-state index contributed by atoms with van der Waals surface area (Å²) in [5.41, 5.74) is 1.32. The van der Waals surface area contributed by atoms with Gasteiger partial charge in [-0.05, 0) is 24.6 Å². The first-order valence-corrected chi connectivity index (χ1v) is 10.9. The number of carbonyl (C=O) groups excluding carboxylic acids is 3. The predicted molar refractivity (Wildman–Crippen MR) is 120 cm³/mol. The van der Waals surface area contributed by atoms with E-state index in [4.69, 9.17) is 9.47 Å². The van der Waals surface area contributed by atoms with Crippen LogP contribution in [0.3, 0.4) is 0 Å². The van der Waals surface area contributed by atoms with Gasteiger partial charge in [0.1, 0.15) is 0 Å². The maximum Gasteiger partial charge on any atom is 0.339 e. The fraction of sp³-hybridized carbons (Fsp3) is 0.348. The predicted octanol–water partition coefficient (Wildman–Crippen LogP) is 2.92. The molecule has 0 radical (unpaired) electrons. The van der Waals surface area contributed by atoms with Gasteiger partial charge in [-0.25, -0.2) is 4.79 Å². The van der Waals surface area contributed by atoms with Crippen molar-refractivity contribution in [3.8, 4) is 0 Å². The van der Waals surface area contributed by atoms with Gasteiger partial charge in [0.15, 0.2) is 6.61 Å². The number of rotatable bonds is 11. The Morgan fingerprint density at radius 1 is 1.06 bits per heavy atom. The van der Waals surface area contributed by atoms with Gasteiger partial charge < -0.3 is 19.7 Å². The zero-order valence-electron chi connectivity index (χ0n) is 18.0. The van der Waals surface area contributed by atoms with E-state index in [1.807, 2.05) is 37.3 Å². The van der Waals surface area contributed by atoms with Crippen LogP contribution in [0.2, 0.25) is 0 Å². The Labute approximate surface area is 187 Å². The Bertz CT molecular complexity index is 875. The van der Waals surface area contributed by atoms with Gasteiger partial charge in [0, 0.05) is 25.6 Å². The number of ether oxygens (including phenoxy) is 2. The van der Waals surface area contributed by atoms with E-state index in [1.54, 1.807) is 43.3 Å². The number of thioether (sulfide) groups is 1. The molecule has 2 aromatic rings. The molecular formula is C23H28N2O5S. The summed E-state index contributed by atoms with van der Waals surface area (Å²) in [4.78, 5) is 39.1. The highest BCUT2D eigenvalue weighted by Crippen LogP contribution is 2.23. The highest BCUT2D eigenvalue weighted by molar-refractivity contribution is 8.00. The zero-order valence-corrected chi connectivity index (χ0v) is 18.8. The van der Waals surface area contributed by atoms with E-state index >= 15 is 0 Å².